The van der Waals surface area contributed by atoms with E-state index in [1.165, 1.54) is 4.90 Å². The number of aliphatic hydroxyl groups is 1. The highest BCUT2D eigenvalue weighted by molar-refractivity contribution is 9.10. The Balaban J connectivity index is 1.94. The zero-order chi connectivity index (χ0) is 20.5. The Hall–Kier alpha value is -2.70. The summed E-state index contributed by atoms with van der Waals surface area (Å²) in [5.41, 5.74) is 1.87. The summed E-state index contributed by atoms with van der Waals surface area (Å²) in [5, 5.41) is 11.0. The number of halogens is 2. The van der Waals surface area contributed by atoms with Crippen LogP contribution in [0.1, 0.15) is 17.2 Å². The number of hydrogen-bond acceptors (Lipinski definition) is 3. The molecule has 1 atom stereocenters. The molecule has 3 aromatic rings. The zero-order valence-corrected chi connectivity index (χ0v) is 18.2. The summed E-state index contributed by atoms with van der Waals surface area (Å²) in [6.45, 7) is 0. The van der Waals surface area contributed by atoms with E-state index in [2.05, 4.69) is 31.9 Å². The summed E-state index contributed by atoms with van der Waals surface area (Å²) in [5.74, 6) is -1.56. The van der Waals surface area contributed by atoms with Gasteiger partial charge in [-0.3, -0.25) is 14.5 Å². The lowest BCUT2D eigenvalue weighted by atomic mass is 9.95. The number of amides is 1. The molecule has 1 N–H and O–H groups in total. The molecule has 4 rings (SSSR count). The Labute approximate surface area is 184 Å². The Morgan fingerprint density at radius 2 is 1.34 bits per heavy atom. The molecule has 0 aliphatic carbocycles. The molecule has 6 heteroatoms. The average molecular weight is 513 g/mol. The normalized spacial score (nSPS) is 18.3. The van der Waals surface area contributed by atoms with Gasteiger partial charge in [0, 0.05) is 20.2 Å². The monoisotopic (exact) mass is 511 g/mol. The minimum atomic E-state index is -0.732. The third-order valence-electron chi connectivity index (χ3n) is 4.78. The van der Waals surface area contributed by atoms with Crippen molar-refractivity contribution in [3.8, 4) is 0 Å². The Morgan fingerprint density at radius 3 is 1.93 bits per heavy atom. The van der Waals surface area contributed by atoms with E-state index in [9.17, 15) is 14.7 Å². The van der Waals surface area contributed by atoms with Crippen molar-refractivity contribution >= 4 is 55.0 Å². The van der Waals surface area contributed by atoms with Gasteiger partial charge in [0.2, 0.25) is 0 Å². The molecule has 0 saturated carbocycles. The summed E-state index contributed by atoms with van der Waals surface area (Å²) < 4.78 is 1.74. The Bertz CT molecular complexity index is 1110. The number of carbonyl (C=O) groups excluding carboxylic acids is 2. The van der Waals surface area contributed by atoms with E-state index in [0.717, 1.165) is 14.5 Å². The highest BCUT2D eigenvalue weighted by atomic mass is 79.9. The number of aliphatic hydroxyl groups excluding tert-OH is 1. The van der Waals surface area contributed by atoms with Gasteiger partial charge < -0.3 is 5.11 Å². The lowest BCUT2D eigenvalue weighted by Crippen LogP contribution is -2.29. The van der Waals surface area contributed by atoms with E-state index >= 15 is 0 Å². The van der Waals surface area contributed by atoms with Crippen molar-refractivity contribution in [3.63, 3.8) is 0 Å². The molecule has 1 amide bonds. The second-order valence-electron chi connectivity index (χ2n) is 6.56. The van der Waals surface area contributed by atoms with Gasteiger partial charge in [0.1, 0.15) is 5.76 Å². The second kappa shape index (κ2) is 7.97. The maximum atomic E-state index is 13.0. The van der Waals surface area contributed by atoms with Gasteiger partial charge in [-0.2, -0.15) is 0 Å². The van der Waals surface area contributed by atoms with Gasteiger partial charge in [0.05, 0.1) is 11.6 Å². The standard InChI is InChI=1S/C23H15Br2NO3/c24-16-8-6-14(7-9-16)20-19(21(27)15-4-2-1-3-5-15)22(28)23(29)26(20)18-12-10-17(25)11-13-18/h1-13,20,27H/t20-/m0/s1. The minimum Gasteiger partial charge on any atom is -0.507 e. The largest absolute Gasteiger partial charge is 0.507 e. The fourth-order valence-electron chi connectivity index (χ4n) is 3.41. The predicted octanol–water partition coefficient (Wildman–Crippen LogP) is 5.84. The first kappa shape index (κ1) is 19.6. The first-order chi connectivity index (χ1) is 14.0. The van der Waals surface area contributed by atoms with Crippen LogP contribution in [0.2, 0.25) is 0 Å². The molecule has 3 aromatic carbocycles. The van der Waals surface area contributed by atoms with Gasteiger partial charge in [-0.05, 0) is 42.0 Å². The molecule has 0 spiro atoms. The van der Waals surface area contributed by atoms with Crippen molar-refractivity contribution in [2.75, 3.05) is 4.90 Å². The number of Topliss-reactive ketones (excluding diaryl/α,β-unsaturated/α-hetero) is 1. The van der Waals surface area contributed by atoms with Gasteiger partial charge in [0.25, 0.3) is 11.7 Å². The van der Waals surface area contributed by atoms with Crippen molar-refractivity contribution < 1.29 is 14.7 Å². The fourth-order valence-corrected chi connectivity index (χ4v) is 3.94. The number of carbonyl (C=O) groups is 2. The number of nitrogens with zero attached hydrogens (tertiary/aromatic N) is 1. The quantitative estimate of drug-likeness (QED) is 0.272. The van der Waals surface area contributed by atoms with Gasteiger partial charge >= 0.3 is 0 Å². The van der Waals surface area contributed by atoms with Crippen molar-refractivity contribution in [3.05, 3.63) is 105 Å². The molecule has 0 bridgehead atoms. The fraction of sp³-hybridized carbons (Fsp3) is 0.0435. The molecule has 144 valence electrons. The van der Waals surface area contributed by atoms with Gasteiger partial charge in [-0.25, -0.2) is 0 Å². The van der Waals surface area contributed by atoms with Crippen LogP contribution in [0.3, 0.4) is 0 Å². The molecule has 1 saturated heterocycles. The van der Waals surface area contributed by atoms with Crippen LogP contribution in [-0.2, 0) is 9.59 Å². The van der Waals surface area contributed by atoms with Crippen molar-refractivity contribution in [1.82, 2.24) is 0 Å². The third kappa shape index (κ3) is 3.66. The van der Waals surface area contributed by atoms with E-state index < -0.39 is 17.7 Å². The van der Waals surface area contributed by atoms with E-state index in [-0.39, 0.29) is 11.3 Å². The maximum absolute atomic E-state index is 13.0. The molecule has 1 heterocycles. The lowest BCUT2D eigenvalue weighted by Gasteiger charge is -2.25. The molecule has 4 nitrogen and oxygen atoms in total. The van der Waals surface area contributed by atoms with Crippen LogP contribution in [0.4, 0.5) is 5.69 Å². The number of anilines is 1. The molecule has 1 aliphatic rings. The third-order valence-corrected chi connectivity index (χ3v) is 5.84. The van der Waals surface area contributed by atoms with Crippen LogP contribution in [0.15, 0.2) is 93.4 Å². The van der Waals surface area contributed by atoms with Crippen molar-refractivity contribution in [2.24, 2.45) is 0 Å². The summed E-state index contributed by atoms with van der Waals surface area (Å²) >= 11 is 6.80. The van der Waals surface area contributed by atoms with Crippen LogP contribution < -0.4 is 4.90 Å². The Morgan fingerprint density at radius 1 is 0.793 bits per heavy atom. The molecule has 0 unspecified atom stereocenters. The van der Waals surface area contributed by atoms with Crippen molar-refractivity contribution in [1.29, 1.82) is 0 Å². The molecular formula is C23H15Br2NO3. The van der Waals surface area contributed by atoms with Crippen LogP contribution >= 0.6 is 31.9 Å². The van der Waals surface area contributed by atoms with E-state index in [1.807, 2.05) is 42.5 Å². The van der Waals surface area contributed by atoms with E-state index in [1.54, 1.807) is 36.4 Å². The highest BCUT2D eigenvalue weighted by Gasteiger charge is 2.46. The first-order valence-corrected chi connectivity index (χ1v) is 10.4. The van der Waals surface area contributed by atoms with E-state index in [0.29, 0.717) is 11.3 Å². The molecule has 1 fully saturated rings. The number of hydrogen-bond donors (Lipinski definition) is 1. The minimum absolute atomic E-state index is 0.0754. The second-order valence-corrected chi connectivity index (χ2v) is 8.39. The lowest BCUT2D eigenvalue weighted by molar-refractivity contribution is -0.132. The van der Waals surface area contributed by atoms with Crippen LogP contribution in [0.5, 0.6) is 0 Å². The maximum Gasteiger partial charge on any atom is 0.300 e. The average Bonchev–Trinajstić information content (AvgIpc) is 3.00. The van der Waals surface area contributed by atoms with Crippen LogP contribution in [0.25, 0.3) is 5.76 Å². The van der Waals surface area contributed by atoms with Gasteiger partial charge in [-0.1, -0.05) is 74.3 Å². The smallest absolute Gasteiger partial charge is 0.300 e. The molecule has 29 heavy (non-hydrogen) atoms. The number of benzene rings is 3. The number of ketones is 1. The SMILES string of the molecule is O=C1C(=O)N(c2ccc(Br)cc2)[C@@H](c2ccc(Br)cc2)C1=C(O)c1ccccc1. The summed E-state index contributed by atoms with van der Waals surface area (Å²) in [4.78, 5) is 27.4. The Kier molecular flexibility index (Phi) is 5.39. The predicted molar refractivity (Wildman–Crippen MR) is 120 cm³/mol. The molecule has 0 radical (unpaired) electrons. The summed E-state index contributed by atoms with van der Waals surface area (Å²) in [7, 11) is 0. The van der Waals surface area contributed by atoms with Gasteiger partial charge in [0.15, 0.2) is 0 Å². The van der Waals surface area contributed by atoms with Gasteiger partial charge in [-0.15, -0.1) is 0 Å². The highest BCUT2D eigenvalue weighted by Crippen LogP contribution is 2.42. The topological polar surface area (TPSA) is 57.6 Å². The molecule has 0 aromatic heterocycles. The summed E-state index contributed by atoms with van der Waals surface area (Å²) in [6, 6.07) is 22.6. The van der Waals surface area contributed by atoms with Crippen LogP contribution in [0, 0.1) is 0 Å². The molecular weight excluding hydrogens is 498 g/mol. The molecule has 1 aliphatic heterocycles. The number of rotatable bonds is 3. The van der Waals surface area contributed by atoms with Crippen LogP contribution in [-0.4, -0.2) is 16.8 Å². The zero-order valence-electron chi connectivity index (χ0n) is 15.0. The van der Waals surface area contributed by atoms with Crippen molar-refractivity contribution in [2.45, 2.75) is 6.04 Å². The first-order valence-electron chi connectivity index (χ1n) is 8.85. The summed E-state index contributed by atoms with van der Waals surface area (Å²) in [6.07, 6.45) is 0. The van der Waals surface area contributed by atoms with E-state index in [4.69, 9.17) is 0 Å².